The van der Waals surface area contributed by atoms with Gasteiger partial charge in [-0.3, -0.25) is 0 Å². The zero-order valence-corrected chi connectivity index (χ0v) is 11.4. The molecule has 0 aliphatic heterocycles. The van der Waals surface area contributed by atoms with Crippen molar-refractivity contribution >= 4 is 22.5 Å². The smallest absolute Gasteiger partial charge is 0.237 e. The third-order valence-electron chi connectivity index (χ3n) is 2.92. The average Bonchev–Trinajstić information content (AvgIpc) is 2.50. The molecule has 0 fully saturated rings. The van der Waals surface area contributed by atoms with Crippen LogP contribution in [0, 0.1) is 17.1 Å². The van der Waals surface area contributed by atoms with Crippen molar-refractivity contribution in [1.82, 2.24) is 4.98 Å². The second kappa shape index (κ2) is 5.39. The monoisotopic (exact) mass is 298 g/mol. The summed E-state index contributed by atoms with van der Waals surface area (Å²) < 4.78 is 18.7. The lowest BCUT2D eigenvalue weighted by Gasteiger charge is -2.08. The molecule has 1 heterocycles. The van der Waals surface area contributed by atoms with Gasteiger partial charge in [-0.25, -0.2) is 9.37 Å². The second-order valence-corrected chi connectivity index (χ2v) is 4.73. The van der Waals surface area contributed by atoms with E-state index in [0.717, 1.165) is 5.39 Å². The molecule has 0 aliphatic rings. The van der Waals surface area contributed by atoms with Crippen molar-refractivity contribution in [3.8, 4) is 17.7 Å². The van der Waals surface area contributed by atoms with E-state index in [4.69, 9.17) is 16.3 Å². The van der Waals surface area contributed by atoms with Gasteiger partial charge in [-0.1, -0.05) is 29.8 Å². The molecule has 3 aromatic rings. The lowest BCUT2D eigenvalue weighted by Crippen LogP contribution is -1.93. The molecule has 2 aromatic carbocycles. The number of aromatic nitrogens is 1. The second-order valence-electron chi connectivity index (χ2n) is 4.32. The minimum Gasteiger partial charge on any atom is -0.438 e. The van der Waals surface area contributed by atoms with Gasteiger partial charge in [0, 0.05) is 11.5 Å². The summed E-state index contributed by atoms with van der Waals surface area (Å²) in [6.07, 6.45) is 0. The van der Waals surface area contributed by atoms with Crippen molar-refractivity contribution in [3.63, 3.8) is 0 Å². The third kappa shape index (κ3) is 2.64. The summed E-state index contributed by atoms with van der Waals surface area (Å²) in [5.74, 6) is -0.0458. The van der Waals surface area contributed by atoms with E-state index in [1.54, 1.807) is 6.07 Å². The SMILES string of the molecule is N#Cc1cc2ccccc2nc1Oc1ccc(F)c(Cl)c1. The summed E-state index contributed by atoms with van der Waals surface area (Å²) in [5, 5.41) is 10.00. The van der Waals surface area contributed by atoms with E-state index in [2.05, 4.69) is 4.98 Å². The molecule has 0 spiro atoms. The van der Waals surface area contributed by atoms with Crippen LogP contribution in [0.3, 0.4) is 0 Å². The molecule has 0 N–H and O–H groups in total. The largest absolute Gasteiger partial charge is 0.438 e. The molecular formula is C16H8ClFN2O. The van der Waals surface area contributed by atoms with Gasteiger partial charge in [-0.05, 0) is 24.3 Å². The normalized spacial score (nSPS) is 10.3. The first-order valence-corrected chi connectivity index (χ1v) is 6.48. The first-order chi connectivity index (χ1) is 10.2. The fraction of sp³-hybridized carbons (Fsp3) is 0. The number of para-hydroxylation sites is 1. The summed E-state index contributed by atoms with van der Waals surface area (Å²) >= 11 is 5.71. The highest BCUT2D eigenvalue weighted by Gasteiger charge is 2.10. The van der Waals surface area contributed by atoms with Crippen LogP contribution >= 0.6 is 11.6 Å². The van der Waals surface area contributed by atoms with Gasteiger partial charge in [0.2, 0.25) is 5.88 Å². The van der Waals surface area contributed by atoms with Crippen molar-refractivity contribution in [3.05, 3.63) is 64.9 Å². The van der Waals surface area contributed by atoms with Gasteiger partial charge in [-0.15, -0.1) is 0 Å². The topological polar surface area (TPSA) is 45.9 Å². The van der Waals surface area contributed by atoms with Crippen molar-refractivity contribution in [1.29, 1.82) is 5.26 Å². The number of pyridine rings is 1. The van der Waals surface area contributed by atoms with Crippen LogP contribution < -0.4 is 4.74 Å². The van der Waals surface area contributed by atoms with E-state index in [1.165, 1.54) is 18.2 Å². The highest BCUT2D eigenvalue weighted by atomic mass is 35.5. The van der Waals surface area contributed by atoms with E-state index in [-0.39, 0.29) is 10.9 Å². The van der Waals surface area contributed by atoms with Crippen LogP contribution in [0.5, 0.6) is 11.6 Å². The molecule has 0 saturated carbocycles. The van der Waals surface area contributed by atoms with Gasteiger partial charge in [0.15, 0.2) is 0 Å². The average molecular weight is 299 g/mol. The van der Waals surface area contributed by atoms with Crippen LogP contribution in [-0.4, -0.2) is 4.98 Å². The predicted octanol–water partition coefficient (Wildman–Crippen LogP) is 4.69. The molecule has 0 saturated heterocycles. The van der Waals surface area contributed by atoms with Crippen LogP contribution in [0.25, 0.3) is 10.9 Å². The van der Waals surface area contributed by atoms with Crippen LogP contribution in [0.1, 0.15) is 5.56 Å². The van der Waals surface area contributed by atoms with Crippen LogP contribution in [-0.2, 0) is 0 Å². The Balaban J connectivity index is 2.06. The Bertz CT molecular complexity index is 874. The maximum atomic E-state index is 13.1. The maximum Gasteiger partial charge on any atom is 0.237 e. The molecule has 3 rings (SSSR count). The van der Waals surface area contributed by atoms with Crippen molar-refractivity contribution in [2.24, 2.45) is 0 Å². The maximum absolute atomic E-state index is 13.1. The van der Waals surface area contributed by atoms with Gasteiger partial charge in [-0.2, -0.15) is 5.26 Å². The number of hydrogen-bond acceptors (Lipinski definition) is 3. The molecule has 3 nitrogen and oxygen atoms in total. The fourth-order valence-electron chi connectivity index (χ4n) is 1.91. The Morgan fingerprint density at radius 2 is 1.95 bits per heavy atom. The highest BCUT2D eigenvalue weighted by Crippen LogP contribution is 2.28. The van der Waals surface area contributed by atoms with Crippen LogP contribution in [0.2, 0.25) is 5.02 Å². The highest BCUT2D eigenvalue weighted by molar-refractivity contribution is 6.30. The molecule has 0 atom stereocenters. The van der Waals surface area contributed by atoms with Gasteiger partial charge in [0.1, 0.15) is 23.2 Å². The summed E-state index contributed by atoms with van der Waals surface area (Å²) in [4.78, 5) is 4.31. The van der Waals surface area contributed by atoms with E-state index in [1.807, 2.05) is 30.3 Å². The first-order valence-electron chi connectivity index (χ1n) is 6.10. The lowest BCUT2D eigenvalue weighted by molar-refractivity contribution is 0.462. The molecule has 5 heteroatoms. The van der Waals surface area contributed by atoms with Gasteiger partial charge < -0.3 is 4.74 Å². The summed E-state index contributed by atoms with van der Waals surface area (Å²) in [5.41, 5.74) is 1.01. The standard InChI is InChI=1S/C16H8ClFN2O/c17-13-8-12(5-6-14(13)18)21-16-11(9-19)7-10-3-1-2-4-15(10)20-16/h1-8H. The van der Waals surface area contributed by atoms with Crippen molar-refractivity contribution in [2.45, 2.75) is 0 Å². The summed E-state index contributed by atoms with van der Waals surface area (Å²) in [6.45, 7) is 0. The molecule has 21 heavy (non-hydrogen) atoms. The Labute approximate surface area is 125 Å². The quantitative estimate of drug-likeness (QED) is 0.689. The Morgan fingerprint density at radius 3 is 2.71 bits per heavy atom. The number of hydrogen-bond donors (Lipinski definition) is 0. The summed E-state index contributed by atoms with van der Waals surface area (Å²) in [6, 6.07) is 15.1. The zero-order valence-electron chi connectivity index (χ0n) is 10.7. The number of ether oxygens (including phenoxy) is 1. The van der Waals surface area contributed by atoms with E-state index in [9.17, 15) is 9.65 Å². The number of rotatable bonds is 2. The van der Waals surface area contributed by atoms with E-state index < -0.39 is 5.82 Å². The molecule has 0 amide bonds. The Hall–Kier alpha value is -2.64. The number of nitriles is 1. The fourth-order valence-corrected chi connectivity index (χ4v) is 2.08. The number of benzene rings is 2. The Morgan fingerprint density at radius 1 is 1.14 bits per heavy atom. The molecule has 1 aromatic heterocycles. The molecule has 0 unspecified atom stereocenters. The molecular weight excluding hydrogens is 291 g/mol. The van der Waals surface area contributed by atoms with Gasteiger partial charge in [0.25, 0.3) is 0 Å². The number of halogens is 2. The molecule has 102 valence electrons. The van der Waals surface area contributed by atoms with Gasteiger partial charge in [0.05, 0.1) is 10.5 Å². The number of nitrogens with zero attached hydrogens (tertiary/aromatic N) is 2. The van der Waals surface area contributed by atoms with Crippen LogP contribution in [0.15, 0.2) is 48.5 Å². The summed E-state index contributed by atoms with van der Waals surface area (Å²) in [7, 11) is 0. The number of fused-ring (bicyclic) bond motifs is 1. The zero-order chi connectivity index (χ0) is 14.8. The molecule has 0 aliphatic carbocycles. The van der Waals surface area contributed by atoms with Crippen molar-refractivity contribution < 1.29 is 9.13 Å². The van der Waals surface area contributed by atoms with E-state index in [0.29, 0.717) is 16.8 Å². The first kappa shape index (κ1) is 13.3. The third-order valence-corrected chi connectivity index (χ3v) is 3.20. The minimum absolute atomic E-state index is 0.0493. The molecule has 0 bridgehead atoms. The Kier molecular flexibility index (Phi) is 3.43. The van der Waals surface area contributed by atoms with Crippen LogP contribution in [0.4, 0.5) is 4.39 Å². The van der Waals surface area contributed by atoms with Crippen molar-refractivity contribution in [2.75, 3.05) is 0 Å². The minimum atomic E-state index is -0.531. The lowest BCUT2D eigenvalue weighted by atomic mass is 10.1. The predicted molar refractivity (Wildman–Crippen MR) is 77.9 cm³/mol. The van der Waals surface area contributed by atoms with E-state index >= 15 is 0 Å². The molecule has 0 radical (unpaired) electrons. The van der Waals surface area contributed by atoms with Gasteiger partial charge >= 0.3 is 0 Å².